The number of methoxy groups -OCH3 is 1. The minimum absolute atomic E-state index is 0.0813. The number of anilines is 1. The minimum atomic E-state index is -0.322. The molecule has 2 rings (SSSR count). The molecule has 170 valence electrons. The quantitative estimate of drug-likeness (QED) is 0.538. The van der Waals surface area contributed by atoms with Gasteiger partial charge in [-0.05, 0) is 52.7 Å². The number of para-hydroxylation sites is 1. The van der Waals surface area contributed by atoms with Crippen molar-refractivity contribution in [1.29, 1.82) is 0 Å². The van der Waals surface area contributed by atoms with Crippen molar-refractivity contribution in [1.82, 2.24) is 10.1 Å². The van der Waals surface area contributed by atoms with E-state index in [1.165, 1.54) is 12.0 Å². The summed E-state index contributed by atoms with van der Waals surface area (Å²) in [5, 5.41) is 6.50. The molecule has 2 N–H and O–H groups in total. The Morgan fingerprint density at radius 1 is 1.26 bits per heavy atom. The van der Waals surface area contributed by atoms with Crippen molar-refractivity contribution in [3.05, 3.63) is 41.7 Å². The highest BCUT2D eigenvalue weighted by Gasteiger charge is 2.26. The van der Waals surface area contributed by atoms with E-state index in [9.17, 15) is 9.59 Å². The van der Waals surface area contributed by atoms with E-state index < -0.39 is 0 Å². The highest BCUT2D eigenvalue weighted by Crippen LogP contribution is 2.21. The third-order valence-electron chi connectivity index (χ3n) is 5.49. The second-order valence-corrected chi connectivity index (χ2v) is 7.70. The minimum Gasteiger partial charge on any atom is -0.496 e. The molecule has 31 heavy (non-hydrogen) atoms. The molecule has 8 heteroatoms. The summed E-state index contributed by atoms with van der Waals surface area (Å²) < 4.78 is 10.4. The first-order chi connectivity index (χ1) is 14.9. The van der Waals surface area contributed by atoms with E-state index in [4.69, 9.17) is 9.26 Å². The predicted molar refractivity (Wildman–Crippen MR) is 120 cm³/mol. The van der Waals surface area contributed by atoms with Gasteiger partial charge in [0, 0.05) is 12.1 Å². The molecule has 0 aliphatic heterocycles. The van der Waals surface area contributed by atoms with Gasteiger partial charge >= 0.3 is 0 Å². The Bertz CT molecular complexity index is 848. The van der Waals surface area contributed by atoms with E-state index in [-0.39, 0.29) is 24.4 Å². The van der Waals surface area contributed by atoms with Gasteiger partial charge in [-0.15, -0.1) is 0 Å². The van der Waals surface area contributed by atoms with Gasteiger partial charge in [0.05, 0.1) is 32.3 Å². The number of aromatic nitrogens is 1. The molecule has 0 unspecified atom stereocenters. The van der Waals surface area contributed by atoms with Crippen LogP contribution in [0.15, 0.2) is 34.9 Å². The maximum absolute atomic E-state index is 13.4. The molecule has 0 fully saturated rings. The standard InChI is InChI=1S/C23H34N4O4/c1-6-26(7-2)14-10-11-17(3)27(16-22(28)24-21-15-18(4)31-25-21)23(29)19-12-8-9-13-20(19)30-5/h8-9,12-13,15,17H,6-7,10-11,14,16H2,1-5H3,(H,24,25,28)/p+1/t17-/m0/s1. The second kappa shape index (κ2) is 12.1. The van der Waals surface area contributed by atoms with Gasteiger partial charge in [0.2, 0.25) is 5.91 Å². The normalized spacial score (nSPS) is 11.9. The number of ether oxygens (including phenoxy) is 1. The van der Waals surface area contributed by atoms with Crippen molar-refractivity contribution < 1.29 is 23.7 Å². The van der Waals surface area contributed by atoms with Gasteiger partial charge in [0.1, 0.15) is 18.1 Å². The van der Waals surface area contributed by atoms with Crippen LogP contribution in [0.5, 0.6) is 5.75 Å². The molecule has 1 aromatic heterocycles. The van der Waals surface area contributed by atoms with Gasteiger partial charge in [-0.2, -0.15) is 0 Å². The zero-order chi connectivity index (χ0) is 22.8. The Morgan fingerprint density at radius 3 is 2.58 bits per heavy atom. The van der Waals surface area contributed by atoms with Gasteiger partial charge in [0.15, 0.2) is 5.82 Å². The van der Waals surface area contributed by atoms with Crippen LogP contribution in [0.2, 0.25) is 0 Å². The molecule has 2 amide bonds. The largest absolute Gasteiger partial charge is 0.496 e. The molecule has 0 bridgehead atoms. The molecule has 0 saturated carbocycles. The number of benzene rings is 1. The molecule has 0 aliphatic carbocycles. The summed E-state index contributed by atoms with van der Waals surface area (Å²) in [7, 11) is 1.53. The van der Waals surface area contributed by atoms with Crippen molar-refractivity contribution in [2.24, 2.45) is 0 Å². The van der Waals surface area contributed by atoms with Crippen LogP contribution in [0, 0.1) is 6.92 Å². The number of nitrogens with zero attached hydrogens (tertiary/aromatic N) is 2. The number of carbonyl (C=O) groups excluding carboxylic acids is 2. The Hall–Kier alpha value is -2.87. The molecule has 1 atom stereocenters. The van der Waals surface area contributed by atoms with E-state index in [1.54, 1.807) is 36.1 Å². The second-order valence-electron chi connectivity index (χ2n) is 7.70. The first-order valence-corrected chi connectivity index (χ1v) is 10.9. The van der Waals surface area contributed by atoms with Crippen molar-refractivity contribution in [3.8, 4) is 5.75 Å². The van der Waals surface area contributed by atoms with Gasteiger partial charge < -0.3 is 24.4 Å². The Morgan fingerprint density at radius 2 is 1.97 bits per heavy atom. The number of rotatable bonds is 12. The van der Waals surface area contributed by atoms with Crippen molar-refractivity contribution in [2.45, 2.75) is 46.6 Å². The van der Waals surface area contributed by atoms with Gasteiger partial charge in [-0.3, -0.25) is 9.59 Å². The number of nitrogens with one attached hydrogen (secondary N) is 2. The molecule has 2 aromatic rings. The Kier molecular flexibility index (Phi) is 9.52. The fourth-order valence-corrected chi connectivity index (χ4v) is 3.57. The fourth-order valence-electron chi connectivity index (χ4n) is 3.57. The lowest BCUT2D eigenvalue weighted by atomic mass is 10.1. The molecule has 1 aromatic carbocycles. The Balaban J connectivity index is 2.15. The van der Waals surface area contributed by atoms with Crippen molar-refractivity contribution in [2.75, 3.05) is 38.6 Å². The average molecular weight is 432 g/mol. The number of aryl methyl sites for hydroxylation is 1. The maximum atomic E-state index is 13.4. The van der Waals surface area contributed by atoms with E-state index in [2.05, 4.69) is 24.3 Å². The third-order valence-corrected chi connectivity index (χ3v) is 5.49. The zero-order valence-corrected chi connectivity index (χ0v) is 19.2. The lowest BCUT2D eigenvalue weighted by Crippen LogP contribution is -3.11. The van der Waals surface area contributed by atoms with Crippen LogP contribution in [0.3, 0.4) is 0 Å². The average Bonchev–Trinajstić information content (AvgIpc) is 3.18. The summed E-state index contributed by atoms with van der Waals surface area (Å²) in [5.41, 5.74) is 0.441. The van der Waals surface area contributed by atoms with Crippen molar-refractivity contribution >= 4 is 17.6 Å². The first kappa shape index (κ1) is 24.4. The summed E-state index contributed by atoms with van der Waals surface area (Å²) in [5.74, 6) is 0.878. The van der Waals surface area contributed by atoms with Crippen LogP contribution in [-0.4, -0.2) is 61.2 Å². The highest BCUT2D eigenvalue weighted by molar-refractivity contribution is 6.00. The molecule has 8 nitrogen and oxygen atoms in total. The molecule has 0 aliphatic rings. The van der Waals surface area contributed by atoms with Crippen molar-refractivity contribution in [3.63, 3.8) is 0 Å². The number of hydrogen-bond donors (Lipinski definition) is 2. The fraction of sp³-hybridized carbons (Fsp3) is 0.522. The molecular formula is C23H35N4O4+. The summed E-state index contributed by atoms with van der Waals surface area (Å²) in [4.78, 5) is 29.2. The number of amides is 2. The van der Waals surface area contributed by atoms with Crippen LogP contribution in [0.4, 0.5) is 5.82 Å². The molecule has 1 heterocycles. The lowest BCUT2D eigenvalue weighted by molar-refractivity contribution is -0.896. The van der Waals surface area contributed by atoms with Gasteiger partial charge in [0.25, 0.3) is 5.91 Å². The third kappa shape index (κ3) is 7.10. The number of quaternary nitrogens is 1. The van der Waals surface area contributed by atoms with Crippen LogP contribution in [0.25, 0.3) is 0 Å². The van der Waals surface area contributed by atoms with E-state index >= 15 is 0 Å². The van der Waals surface area contributed by atoms with E-state index in [0.717, 1.165) is 32.5 Å². The molecular weight excluding hydrogens is 396 g/mol. The number of hydrogen-bond acceptors (Lipinski definition) is 5. The maximum Gasteiger partial charge on any atom is 0.258 e. The topological polar surface area (TPSA) is 89.1 Å². The van der Waals surface area contributed by atoms with Crippen LogP contribution in [-0.2, 0) is 4.79 Å². The summed E-state index contributed by atoms with van der Waals surface area (Å²) >= 11 is 0. The molecule has 0 saturated heterocycles. The SMILES string of the molecule is CC[NH+](CC)CCC[C@H](C)N(CC(=O)Nc1cc(C)on1)C(=O)c1ccccc1OC. The lowest BCUT2D eigenvalue weighted by Gasteiger charge is -2.29. The molecule has 0 radical (unpaired) electrons. The monoisotopic (exact) mass is 431 g/mol. The first-order valence-electron chi connectivity index (χ1n) is 10.9. The van der Waals surface area contributed by atoms with Crippen LogP contribution < -0.4 is 15.0 Å². The predicted octanol–water partition coefficient (Wildman–Crippen LogP) is 2.17. The van der Waals surface area contributed by atoms with E-state index in [1.807, 2.05) is 13.0 Å². The molecule has 0 spiro atoms. The van der Waals surface area contributed by atoms with Gasteiger partial charge in [-0.1, -0.05) is 17.3 Å². The smallest absolute Gasteiger partial charge is 0.258 e. The van der Waals surface area contributed by atoms with Gasteiger partial charge in [-0.25, -0.2) is 0 Å². The van der Waals surface area contributed by atoms with Crippen LogP contribution >= 0.6 is 0 Å². The summed E-state index contributed by atoms with van der Waals surface area (Å²) in [6.45, 7) is 11.2. The van der Waals surface area contributed by atoms with E-state index in [0.29, 0.717) is 22.9 Å². The number of carbonyl (C=O) groups is 2. The zero-order valence-electron chi connectivity index (χ0n) is 19.2. The summed E-state index contributed by atoms with van der Waals surface area (Å²) in [6.07, 6.45) is 1.78. The summed E-state index contributed by atoms with van der Waals surface area (Å²) in [6, 6.07) is 8.60. The highest BCUT2D eigenvalue weighted by atomic mass is 16.5. The Labute approximate surface area is 184 Å². The van der Waals surface area contributed by atoms with Crippen LogP contribution in [0.1, 0.15) is 49.7 Å².